The van der Waals surface area contributed by atoms with Crippen LogP contribution in [-0.4, -0.2) is 32.9 Å². The maximum atomic E-state index is 11.7. The third kappa shape index (κ3) is 2.97. The first-order valence-corrected chi connectivity index (χ1v) is 5.32. The van der Waals surface area contributed by atoms with Crippen LogP contribution in [0.3, 0.4) is 0 Å². The van der Waals surface area contributed by atoms with Crippen LogP contribution in [0.2, 0.25) is 0 Å². The number of nitrogens with one attached hydrogen (secondary N) is 2. The molecule has 2 aromatic rings. The van der Waals surface area contributed by atoms with Gasteiger partial charge in [-0.2, -0.15) is 0 Å². The molecule has 1 amide bonds. The first-order valence-electron chi connectivity index (χ1n) is 5.32. The maximum Gasteiger partial charge on any atom is 0.271 e. The van der Waals surface area contributed by atoms with Crippen LogP contribution in [0.5, 0.6) is 0 Å². The summed E-state index contributed by atoms with van der Waals surface area (Å²) < 4.78 is 0. The van der Waals surface area contributed by atoms with Crippen LogP contribution in [0.4, 0.5) is 5.82 Å². The van der Waals surface area contributed by atoms with Gasteiger partial charge in [-0.1, -0.05) is 0 Å². The summed E-state index contributed by atoms with van der Waals surface area (Å²) in [6.45, 7) is 0.330. The second-order valence-electron chi connectivity index (χ2n) is 3.42. The molecule has 0 aromatic carbocycles. The smallest absolute Gasteiger partial charge is 0.271 e. The van der Waals surface area contributed by atoms with Gasteiger partial charge in [0.15, 0.2) is 0 Å². The van der Waals surface area contributed by atoms with Crippen molar-refractivity contribution in [3.63, 3.8) is 0 Å². The molecule has 0 spiro atoms. The highest BCUT2D eigenvalue weighted by molar-refractivity contribution is 5.91. The average Bonchev–Trinajstić information content (AvgIpc) is 2.46. The molecule has 0 radical (unpaired) electrons. The summed E-state index contributed by atoms with van der Waals surface area (Å²) in [5.41, 5.74) is 1.00. The number of nitrogens with zero attached hydrogens (tertiary/aromatic N) is 4. The van der Waals surface area contributed by atoms with Gasteiger partial charge < -0.3 is 10.6 Å². The van der Waals surface area contributed by atoms with E-state index in [-0.39, 0.29) is 11.6 Å². The van der Waals surface area contributed by atoms with Crippen molar-refractivity contribution in [1.29, 1.82) is 0 Å². The van der Waals surface area contributed by atoms with Crippen LogP contribution in [0.1, 0.15) is 16.2 Å². The van der Waals surface area contributed by atoms with Gasteiger partial charge in [0, 0.05) is 13.2 Å². The van der Waals surface area contributed by atoms with E-state index in [1.807, 2.05) is 0 Å². The minimum atomic E-state index is -0.288. The predicted octanol–water partition coefficient (Wildman–Crippen LogP) is 0.238. The first kappa shape index (κ1) is 11.9. The Hall–Kier alpha value is -2.57. The molecule has 2 rings (SSSR count). The van der Waals surface area contributed by atoms with Crippen molar-refractivity contribution in [2.75, 3.05) is 12.4 Å². The zero-order valence-electron chi connectivity index (χ0n) is 9.79. The summed E-state index contributed by atoms with van der Waals surface area (Å²) in [6, 6.07) is 1.73. The Bertz CT molecular complexity index is 513. The molecule has 0 unspecified atom stereocenters. The van der Waals surface area contributed by atoms with E-state index in [0.29, 0.717) is 12.4 Å². The molecule has 0 saturated carbocycles. The number of hydrogen-bond acceptors (Lipinski definition) is 6. The van der Waals surface area contributed by atoms with Gasteiger partial charge >= 0.3 is 0 Å². The van der Waals surface area contributed by atoms with Crippen molar-refractivity contribution in [3.05, 3.63) is 42.4 Å². The van der Waals surface area contributed by atoms with E-state index in [0.717, 1.165) is 5.69 Å². The van der Waals surface area contributed by atoms with Crippen molar-refractivity contribution in [1.82, 2.24) is 25.3 Å². The highest BCUT2D eigenvalue weighted by atomic mass is 16.1. The third-order valence-corrected chi connectivity index (χ3v) is 2.21. The SMILES string of the molecule is CNc1cnc(C(=O)NCc2ccncn2)cn1. The Morgan fingerprint density at radius 1 is 1.28 bits per heavy atom. The Labute approximate surface area is 104 Å². The van der Waals surface area contributed by atoms with E-state index < -0.39 is 0 Å². The van der Waals surface area contributed by atoms with Crippen molar-refractivity contribution in [2.24, 2.45) is 0 Å². The quantitative estimate of drug-likeness (QED) is 0.800. The number of rotatable bonds is 4. The van der Waals surface area contributed by atoms with Crippen LogP contribution in [0.25, 0.3) is 0 Å². The van der Waals surface area contributed by atoms with Gasteiger partial charge in [0.05, 0.1) is 24.6 Å². The van der Waals surface area contributed by atoms with E-state index in [2.05, 4.69) is 30.6 Å². The molecule has 2 heterocycles. The van der Waals surface area contributed by atoms with Crippen LogP contribution in [-0.2, 0) is 6.54 Å². The molecule has 0 aliphatic carbocycles. The first-order chi connectivity index (χ1) is 8.79. The zero-order valence-corrected chi connectivity index (χ0v) is 9.79. The molecular weight excluding hydrogens is 232 g/mol. The second kappa shape index (κ2) is 5.67. The van der Waals surface area contributed by atoms with Crippen molar-refractivity contribution < 1.29 is 4.79 Å². The summed E-state index contributed by atoms with van der Waals surface area (Å²) in [5, 5.41) is 5.53. The van der Waals surface area contributed by atoms with Gasteiger partial charge in [-0.05, 0) is 6.07 Å². The standard InChI is InChI=1S/C11H12N6O/c1-12-10-6-14-9(5-15-10)11(18)16-4-8-2-3-13-7-17-8/h2-3,5-7H,4H2,1H3,(H,12,15)(H,16,18). The molecule has 7 nitrogen and oxygen atoms in total. The molecule has 0 saturated heterocycles. The highest BCUT2D eigenvalue weighted by Gasteiger charge is 2.07. The Morgan fingerprint density at radius 2 is 2.17 bits per heavy atom. The summed E-state index contributed by atoms with van der Waals surface area (Å²) in [4.78, 5) is 27.5. The Balaban J connectivity index is 1.95. The lowest BCUT2D eigenvalue weighted by Crippen LogP contribution is -2.24. The van der Waals surface area contributed by atoms with Crippen LogP contribution >= 0.6 is 0 Å². The number of carbonyl (C=O) groups excluding carboxylic acids is 1. The molecular formula is C11H12N6O. The van der Waals surface area contributed by atoms with Crippen LogP contribution < -0.4 is 10.6 Å². The van der Waals surface area contributed by atoms with E-state index in [9.17, 15) is 4.79 Å². The van der Waals surface area contributed by atoms with Crippen LogP contribution in [0, 0.1) is 0 Å². The largest absolute Gasteiger partial charge is 0.372 e. The maximum absolute atomic E-state index is 11.7. The number of aromatic nitrogens is 4. The molecule has 0 bridgehead atoms. The van der Waals surface area contributed by atoms with Gasteiger partial charge in [-0.3, -0.25) is 4.79 Å². The molecule has 0 aliphatic heterocycles. The van der Waals surface area contributed by atoms with Gasteiger partial charge in [0.1, 0.15) is 17.8 Å². The number of carbonyl (C=O) groups is 1. The Kier molecular flexibility index (Phi) is 3.75. The van der Waals surface area contributed by atoms with Crippen molar-refractivity contribution in [3.8, 4) is 0 Å². The van der Waals surface area contributed by atoms with E-state index in [4.69, 9.17) is 0 Å². The molecule has 2 N–H and O–H groups in total. The normalized spacial score (nSPS) is 9.83. The third-order valence-electron chi connectivity index (χ3n) is 2.21. The average molecular weight is 244 g/mol. The lowest BCUT2D eigenvalue weighted by molar-refractivity contribution is 0.0945. The second-order valence-corrected chi connectivity index (χ2v) is 3.42. The number of anilines is 1. The molecule has 2 aromatic heterocycles. The number of amides is 1. The zero-order chi connectivity index (χ0) is 12.8. The lowest BCUT2D eigenvalue weighted by atomic mass is 10.3. The topological polar surface area (TPSA) is 92.7 Å². The van der Waals surface area contributed by atoms with Gasteiger partial charge in [-0.15, -0.1) is 0 Å². The lowest BCUT2D eigenvalue weighted by Gasteiger charge is -2.04. The highest BCUT2D eigenvalue weighted by Crippen LogP contribution is 2.00. The van der Waals surface area contributed by atoms with Crippen molar-refractivity contribution in [2.45, 2.75) is 6.54 Å². The minimum absolute atomic E-state index is 0.267. The molecule has 92 valence electrons. The molecule has 7 heteroatoms. The summed E-state index contributed by atoms with van der Waals surface area (Å²) in [7, 11) is 1.73. The van der Waals surface area contributed by atoms with E-state index >= 15 is 0 Å². The fourth-order valence-electron chi connectivity index (χ4n) is 1.26. The number of hydrogen-bond donors (Lipinski definition) is 2. The molecule has 0 fully saturated rings. The monoisotopic (exact) mass is 244 g/mol. The van der Waals surface area contributed by atoms with Crippen LogP contribution in [0.15, 0.2) is 31.0 Å². The molecule has 0 aliphatic rings. The fourth-order valence-corrected chi connectivity index (χ4v) is 1.26. The summed E-state index contributed by atoms with van der Waals surface area (Å²) in [5.74, 6) is 0.325. The van der Waals surface area contributed by atoms with Crippen molar-refractivity contribution >= 4 is 11.7 Å². The summed E-state index contributed by atoms with van der Waals surface area (Å²) >= 11 is 0. The van der Waals surface area contributed by atoms with Gasteiger partial charge in [-0.25, -0.2) is 19.9 Å². The fraction of sp³-hybridized carbons (Fsp3) is 0.182. The molecule has 0 atom stereocenters. The summed E-state index contributed by atoms with van der Waals surface area (Å²) in [6.07, 6.45) is 5.97. The van der Waals surface area contributed by atoms with E-state index in [1.54, 1.807) is 19.3 Å². The van der Waals surface area contributed by atoms with E-state index in [1.165, 1.54) is 18.7 Å². The van der Waals surface area contributed by atoms with Gasteiger partial charge in [0.2, 0.25) is 0 Å². The minimum Gasteiger partial charge on any atom is -0.372 e. The predicted molar refractivity (Wildman–Crippen MR) is 64.8 cm³/mol. The molecule has 18 heavy (non-hydrogen) atoms. The van der Waals surface area contributed by atoms with Gasteiger partial charge in [0.25, 0.3) is 5.91 Å². The Morgan fingerprint density at radius 3 is 2.78 bits per heavy atom.